The van der Waals surface area contributed by atoms with Gasteiger partial charge in [-0.15, -0.1) is 0 Å². The van der Waals surface area contributed by atoms with Crippen LogP contribution in [-0.4, -0.2) is 6.54 Å². The summed E-state index contributed by atoms with van der Waals surface area (Å²) in [7, 11) is 0. The zero-order valence-electron chi connectivity index (χ0n) is 11.8. The molecule has 0 saturated heterocycles. The van der Waals surface area contributed by atoms with E-state index in [-0.39, 0.29) is 16.9 Å². The molecule has 0 fully saturated rings. The first-order chi connectivity index (χ1) is 9.63. The lowest BCUT2D eigenvalue weighted by Gasteiger charge is -2.21. The second-order valence-electron chi connectivity index (χ2n) is 4.94. The Bertz CT molecular complexity index is 566. The van der Waals surface area contributed by atoms with Gasteiger partial charge in [-0.1, -0.05) is 60.5 Å². The maximum absolute atomic E-state index is 13.7. The van der Waals surface area contributed by atoms with Crippen molar-refractivity contribution < 1.29 is 4.39 Å². The molecule has 0 radical (unpaired) electrons. The van der Waals surface area contributed by atoms with Crippen LogP contribution in [0.4, 0.5) is 4.39 Å². The molecule has 0 amide bonds. The van der Waals surface area contributed by atoms with Crippen molar-refractivity contribution >= 4 is 11.6 Å². The van der Waals surface area contributed by atoms with E-state index in [1.807, 2.05) is 13.0 Å². The second-order valence-corrected chi connectivity index (χ2v) is 5.32. The predicted molar refractivity (Wildman–Crippen MR) is 82.7 cm³/mol. The quantitative estimate of drug-likeness (QED) is 0.828. The molecule has 1 nitrogen and oxygen atoms in total. The fourth-order valence-electron chi connectivity index (χ4n) is 2.20. The molecule has 1 N–H and O–H groups in total. The Morgan fingerprint density at radius 2 is 1.85 bits per heavy atom. The molecule has 106 valence electrons. The molecule has 0 heterocycles. The van der Waals surface area contributed by atoms with E-state index in [2.05, 4.69) is 36.5 Å². The average Bonchev–Trinajstić information content (AvgIpc) is 2.45. The molecule has 0 aromatic heterocycles. The number of hydrogen-bond donors (Lipinski definition) is 1. The smallest absolute Gasteiger partial charge is 0.142 e. The number of halogens is 2. The summed E-state index contributed by atoms with van der Waals surface area (Å²) in [6, 6.07) is 13.1. The van der Waals surface area contributed by atoms with Crippen LogP contribution in [0.3, 0.4) is 0 Å². The van der Waals surface area contributed by atoms with E-state index in [0.717, 1.165) is 24.1 Å². The molecule has 2 rings (SSSR count). The van der Waals surface area contributed by atoms with Crippen LogP contribution >= 0.6 is 11.6 Å². The first-order valence-electron chi connectivity index (χ1n) is 6.87. The highest BCUT2D eigenvalue weighted by atomic mass is 35.5. The molecule has 0 bridgehead atoms. The molecule has 0 spiro atoms. The average molecular weight is 292 g/mol. The van der Waals surface area contributed by atoms with Gasteiger partial charge in [0.15, 0.2) is 0 Å². The van der Waals surface area contributed by atoms with Gasteiger partial charge in [0.25, 0.3) is 0 Å². The van der Waals surface area contributed by atoms with Crippen LogP contribution in [0.15, 0.2) is 42.5 Å². The maximum Gasteiger partial charge on any atom is 0.142 e. The third-order valence-electron chi connectivity index (χ3n) is 3.30. The van der Waals surface area contributed by atoms with Crippen molar-refractivity contribution in [2.75, 3.05) is 6.54 Å². The van der Waals surface area contributed by atoms with Crippen LogP contribution in [-0.2, 0) is 0 Å². The molecule has 0 aliphatic carbocycles. The summed E-state index contributed by atoms with van der Waals surface area (Å²) in [5, 5.41) is 3.63. The molecule has 0 saturated carbocycles. The van der Waals surface area contributed by atoms with E-state index in [9.17, 15) is 4.39 Å². The SMILES string of the molecule is CCCNC(c1ccc(C)cc1)c1cccc(F)c1Cl. The highest BCUT2D eigenvalue weighted by molar-refractivity contribution is 6.31. The Labute approximate surface area is 124 Å². The van der Waals surface area contributed by atoms with Gasteiger partial charge in [-0.05, 0) is 37.1 Å². The number of benzene rings is 2. The molecule has 20 heavy (non-hydrogen) atoms. The number of hydrogen-bond acceptors (Lipinski definition) is 1. The Morgan fingerprint density at radius 3 is 2.50 bits per heavy atom. The number of rotatable bonds is 5. The minimum Gasteiger partial charge on any atom is -0.306 e. The molecule has 2 aromatic carbocycles. The topological polar surface area (TPSA) is 12.0 Å². The van der Waals surface area contributed by atoms with Crippen molar-refractivity contribution in [3.05, 3.63) is 70.0 Å². The van der Waals surface area contributed by atoms with E-state index < -0.39 is 0 Å². The van der Waals surface area contributed by atoms with Gasteiger partial charge in [0.05, 0.1) is 11.1 Å². The summed E-state index contributed by atoms with van der Waals surface area (Å²) in [4.78, 5) is 0. The maximum atomic E-state index is 13.7. The number of aryl methyl sites for hydroxylation is 1. The van der Waals surface area contributed by atoms with Crippen molar-refractivity contribution in [3.63, 3.8) is 0 Å². The van der Waals surface area contributed by atoms with Crippen LogP contribution in [0.25, 0.3) is 0 Å². The molecule has 3 heteroatoms. The van der Waals surface area contributed by atoms with Crippen molar-refractivity contribution in [3.8, 4) is 0 Å². The summed E-state index contributed by atoms with van der Waals surface area (Å²) < 4.78 is 13.7. The molecule has 0 aliphatic heterocycles. The van der Waals surface area contributed by atoms with E-state index in [1.165, 1.54) is 11.6 Å². The third kappa shape index (κ3) is 3.38. The number of nitrogens with one attached hydrogen (secondary N) is 1. The highest BCUT2D eigenvalue weighted by Gasteiger charge is 2.18. The first-order valence-corrected chi connectivity index (χ1v) is 7.25. The van der Waals surface area contributed by atoms with Crippen LogP contribution in [0.5, 0.6) is 0 Å². The Hall–Kier alpha value is -1.38. The van der Waals surface area contributed by atoms with E-state index in [1.54, 1.807) is 6.07 Å². The monoisotopic (exact) mass is 291 g/mol. The summed E-state index contributed by atoms with van der Waals surface area (Å²) in [6.07, 6.45) is 1.01. The lowest BCUT2D eigenvalue weighted by molar-refractivity contribution is 0.586. The van der Waals surface area contributed by atoms with Gasteiger partial charge in [0, 0.05) is 0 Å². The molecular formula is C17H19ClFN. The van der Waals surface area contributed by atoms with Crippen LogP contribution in [0.1, 0.15) is 36.1 Å². The van der Waals surface area contributed by atoms with Crippen molar-refractivity contribution in [1.29, 1.82) is 0 Å². The normalized spacial score (nSPS) is 12.4. The van der Waals surface area contributed by atoms with Crippen molar-refractivity contribution in [2.24, 2.45) is 0 Å². The molecule has 1 unspecified atom stereocenters. The van der Waals surface area contributed by atoms with Crippen molar-refractivity contribution in [2.45, 2.75) is 26.3 Å². The van der Waals surface area contributed by atoms with Gasteiger partial charge in [0.1, 0.15) is 5.82 Å². The molecule has 1 atom stereocenters. The largest absolute Gasteiger partial charge is 0.306 e. The minimum absolute atomic E-state index is 0.0845. The van der Waals surface area contributed by atoms with Gasteiger partial charge in [-0.25, -0.2) is 4.39 Å². The third-order valence-corrected chi connectivity index (χ3v) is 3.70. The zero-order chi connectivity index (χ0) is 14.5. The standard InChI is InChI=1S/C17H19ClFN/c1-3-11-20-17(13-9-7-12(2)8-10-13)14-5-4-6-15(19)16(14)18/h4-10,17,20H,3,11H2,1-2H3. The van der Waals surface area contributed by atoms with Gasteiger partial charge < -0.3 is 5.32 Å². The van der Waals surface area contributed by atoms with E-state index in [4.69, 9.17) is 11.6 Å². The van der Waals surface area contributed by atoms with Gasteiger partial charge in [-0.2, -0.15) is 0 Å². The van der Waals surface area contributed by atoms with E-state index >= 15 is 0 Å². The van der Waals surface area contributed by atoms with Crippen molar-refractivity contribution in [1.82, 2.24) is 5.32 Å². The Balaban J connectivity index is 2.41. The molecule has 0 aliphatic rings. The summed E-state index contributed by atoms with van der Waals surface area (Å²) in [5.41, 5.74) is 3.08. The van der Waals surface area contributed by atoms with Crippen LogP contribution < -0.4 is 5.32 Å². The van der Waals surface area contributed by atoms with Gasteiger partial charge >= 0.3 is 0 Å². The van der Waals surface area contributed by atoms with Gasteiger partial charge in [0.2, 0.25) is 0 Å². The second kappa shape index (κ2) is 6.87. The predicted octanol–water partition coefficient (Wildman–Crippen LogP) is 4.88. The fraction of sp³-hybridized carbons (Fsp3) is 0.294. The summed E-state index contributed by atoms with van der Waals surface area (Å²) in [6.45, 7) is 5.01. The summed E-state index contributed by atoms with van der Waals surface area (Å²) >= 11 is 6.13. The van der Waals surface area contributed by atoms with Crippen LogP contribution in [0, 0.1) is 12.7 Å². The Morgan fingerprint density at radius 1 is 1.15 bits per heavy atom. The Kier molecular flexibility index (Phi) is 5.16. The molecular weight excluding hydrogens is 273 g/mol. The van der Waals surface area contributed by atoms with Crippen LogP contribution in [0.2, 0.25) is 5.02 Å². The molecule has 2 aromatic rings. The van der Waals surface area contributed by atoms with Gasteiger partial charge in [-0.3, -0.25) is 0 Å². The lowest BCUT2D eigenvalue weighted by atomic mass is 9.97. The lowest BCUT2D eigenvalue weighted by Crippen LogP contribution is -2.23. The summed E-state index contributed by atoms with van der Waals surface area (Å²) in [5.74, 6) is -0.375. The zero-order valence-corrected chi connectivity index (χ0v) is 12.5. The fourth-order valence-corrected chi connectivity index (χ4v) is 2.43. The first kappa shape index (κ1) is 15.0. The minimum atomic E-state index is -0.375. The highest BCUT2D eigenvalue weighted by Crippen LogP contribution is 2.30. The van der Waals surface area contributed by atoms with E-state index in [0.29, 0.717) is 0 Å².